The van der Waals surface area contributed by atoms with Gasteiger partial charge >= 0.3 is 0 Å². The van der Waals surface area contributed by atoms with Crippen LogP contribution in [0.15, 0.2) is 36.9 Å². The van der Waals surface area contributed by atoms with Crippen LogP contribution in [0.1, 0.15) is 50.5 Å². The van der Waals surface area contributed by atoms with Crippen molar-refractivity contribution in [2.24, 2.45) is 0 Å². The van der Waals surface area contributed by atoms with Gasteiger partial charge in [0.25, 0.3) is 0 Å². The molecule has 0 saturated heterocycles. The molecule has 0 radical (unpaired) electrons. The molecule has 0 heterocycles. The van der Waals surface area contributed by atoms with Crippen LogP contribution in [0.2, 0.25) is 0 Å². The van der Waals surface area contributed by atoms with Crippen molar-refractivity contribution in [3.8, 4) is 5.75 Å². The first-order valence-corrected chi connectivity index (χ1v) is 6.17. The predicted octanol–water partition coefficient (Wildman–Crippen LogP) is 4.63. The number of hydrogen-bond acceptors (Lipinski definition) is 1. The molecule has 0 fully saturated rings. The maximum atomic E-state index is 9.25. The molecular weight excluding hydrogens is 196 g/mol. The highest BCUT2D eigenvalue weighted by Gasteiger charge is 2.08. The molecule has 0 aliphatic carbocycles. The molecule has 1 aromatic carbocycles. The van der Waals surface area contributed by atoms with Crippen LogP contribution >= 0.6 is 0 Å². The van der Waals surface area contributed by atoms with Gasteiger partial charge in [-0.3, -0.25) is 0 Å². The Kier molecular flexibility index (Phi) is 5.69. The average Bonchev–Trinajstić information content (AvgIpc) is 2.31. The van der Waals surface area contributed by atoms with Gasteiger partial charge in [-0.2, -0.15) is 0 Å². The molecule has 0 bridgehead atoms. The summed E-state index contributed by atoms with van der Waals surface area (Å²) in [6.45, 7) is 5.96. The lowest BCUT2D eigenvalue weighted by molar-refractivity contribution is 0.474. The van der Waals surface area contributed by atoms with Gasteiger partial charge in [0.15, 0.2) is 0 Å². The number of hydrogen-bond donors (Lipinski definition) is 1. The second-order valence-corrected chi connectivity index (χ2v) is 4.27. The fourth-order valence-electron chi connectivity index (χ4n) is 2.03. The minimum Gasteiger partial charge on any atom is -0.508 e. The molecule has 1 atom stereocenters. The summed E-state index contributed by atoms with van der Waals surface area (Å²) in [5, 5.41) is 9.25. The van der Waals surface area contributed by atoms with Crippen molar-refractivity contribution < 1.29 is 5.11 Å². The number of benzene rings is 1. The first-order valence-electron chi connectivity index (χ1n) is 6.17. The molecular formula is C15H22O. The molecule has 0 aliphatic heterocycles. The lowest BCUT2D eigenvalue weighted by Crippen LogP contribution is -1.97. The number of phenolic OH excluding ortho intramolecular Hbond substituents is 1. The number of rotatable bonds is 7. The quantitative estimate of drug-likeness (QED) is 0.522. The van der Waals surface area contributed by atoms with Crippen molar-refractivity contribution in [1.82, 2.24) is 0 Å². The number of unbranched alkanes of at least 4 members (excludes halogenated alkanes) is 2. The summed E-state index contributed by atoms with van der Waals surface area (Å²) in [7, 11) is 0. The number of allylic oxidation sites excluding steroid dienone is 1. The largest absolute Gasteiger partial charge is 0.508 e. The van der Waals surface area contributed by atoms with Gasteiger partial charge in [-0.1, -0.05) is 31.6 Å². The van der Waals surface area contributed by atoms with Crippen LogP contribution in [-0.2, 0) is 0 Å². The smallest absolute Gasteiger partial charge is 0.115 e. The van der Waals surface area contributed by atoms with E-state index in [1.54, 1.807) is 12.1 Å². The molecule has 0 saturated carbocycles. The van der Waals surface area contributed by atoms with Crippen LogP contribution in [-0.4, -0.2) is 5.11 Å². The van der Waals surface area contributed by atoms with Gasteiger partial charge in [0.2, 0.25) is 0 Å². The lowest BCUT2D eigenvalue weighted by atomic mass is 9.91. The third-order valence-electron chi connectivity index (χ3n) is 3.07. The SMILES string of the molecule is C=CCCCCC(CC)c1ccc(O)cc1. The highest BCUT2D eigenvalue weighted by Crippen LogP contribution is 2.26. The van der Waals surface area contributed by atoms with Crippen LogP contribution in [0.25, 0.3) is 0 Å². The Morgan fingerprint density at radius 2 is 1.94 bits per heavy atom. The molecule has 1 nitrogen and oxygen atoms in total. The third kappa shape index (κ3) is 4.09. The number of phenols is 1. The Morgan fingerprint density at radius 3 is 2.50 bits per heavy atom. The molecule has 16 heavy (non-hydrogen) atoms. The molecule has 1 heteroatoms. The van der Waals surface area contributed by atoms with E-state index in [9.17, 15) is 5.11 Å². The van der Waals surface area contributed by atoms with E-state index >= 15 is 0 Å². The Hall–Kier alpha value is -1.24. The first-order chi connectivity index (χ1) is 7.77. The molecule has 1 N–H and O–H groups in total. The fourth-order valence-corrected chi connectivity index (χ4v) is 2.03. The van der Waals surface area contributed by atoms with E-state index in [4.69, 9.17) is 0 Å². The summed E-state index contributed by atoms with van der Waals surface area (Å²) in [5.74, 6) is 0.982. The highest BCUT2D eigenvalue weighted by molar-refractivity contribution is 5.28. The first kappa shape index (κ1) is 12.8. The van der Waals surface area contributed by atoms with E-state index in [2.05, 4.69) is 13.5 Å². The summed E-state index contributed by atoms with van der Waals surface area (Å²) < 4.78 is 0. The van der Waals surface area contributed by atoms with E-state index < -0.39 is 0 Å². The van der Waals surface area contributed by atoms with Gasteiger partial charge in [0, 0.05) is 0 Å². The topological polar surface area (TPSA) is 20.2 Å². The Balaban J connectivity index is 2.47. The van der Waals surface area contributed by atoms with Crippen LogP contribution in [0, 0.1) is 0 Å². The maximum absolute atomic E-state index is 9.25. The van der Waals surface area contributed by atoms with Gasteiger partial charge in [0.05, 0.1) is 0 Å². The fraction of sp³-hybridized carbons (Fsp3) is 0.467. The molecule has 0 amide bonds. The van der Waals surface area contributed by atoms with Crippen molar-refractivity contribution in [2.45, 2.75) is 44.9 Å². The van der Waals surface area contributed by atoms with Gasteiger partial charge in [0.1, 0.15) is 5.75 Å². The average molecular weight is 218 g/mol. The predicted molar refractivity (Wildman–Crippen MR) is 69.8 cm³/mol. The van der Waals surface area contributed by atoms with E-state index in [1.165, 1.54) is 31.2 Å². The summed E-state index contributed by atoms with van der Waals surface area (Å²) in [5.41, 5.74) is 1.35. The standard InChI is InChI=1S/C15H22O/c1-3-5-6-7-8-13(4-2)14-9-11-15(16)12-10-14/h3,9-13,16H,1,4-8H2,2H3. The summed E-state index contributed by atoms with van der Waals surface area (Å²) in [6, 6.07) is 7.64. The van der Waals surface area contributed by atoms with Crippen LogP contribution in [0.5, 0.6) is 5.75 Å². The molecule has 1 aromatic rings. The zero-order chi connectivity index (χ0) is 11.8. The Bertz CT molecular complexity index is 300. The third-order valence-corrected chi connectivity index (χ3v) is 3.07. The van der Waals surface area contributed by atoms with Crippen molar-refractivity contribution in [1.29, 1.82) is 0 Å². The monoisotopic (exact) mass is 218 g/mol. The Labute approximate surface area is 98.8 Å². The van der Waals surface area contributed by atoms with Crippen molar-refractivity contribution >= 4 is 0 Å². The molecule has 88 valence electrons. The molecule has 0 spiro atoms. The molecule has 1 rings (SSSR count). The molecule has 0 aromatic heterocycles. The van der Waals surface area contributed by atoms with Crippen molar-refractivity contribution in [3.05, 3.63) is 42.5 Å². The van der Waals surface area contributed by atoms with E-state index in [-0.39, 0.29) is 0 Å². The number of aromatic hydroxyl groups is 1. The zero-order valence-corrected chi connectivity index (χ0v) is 10.2. The second-order valence-electron chi connectivity index (χ2n) is 4.27. The zero-order valence-electron chi connectivity index (χ0n) is 10.2. The van der Waals surface area contributed by atoms with Gasteiger partial charge < -0.3 is 5.11 Å². The van der Waals surface area contributed by atoms with Crippen LogP contribution in [0.4, 0.5) is 0 Å². The molecule has 1 unspecified atom stereocenters. The summed E-state index contributed by atoms with van der Waals surface area (Å²) in [4.78, 5) is 0. The normalized spacial score (nSPS) is 12.3. The molecule has 0 aliphatic rings. The van der Waals surface area contributed by atoms with Crippen molar-refractivity contribution in [3.63, 3.8) is 0 Å². The van der Waals surface area contributed by atoms with Gasteiger partial charge in [-0.15, -0.1) is 6.58 Å². The maximum Gasteiger partial charge on any atom is 0.115 e. The highest BCUT2D eigenvalue weighted by atomic mass is 16.3. The Morgan fingerprint density at radius 1 is 1.25 bits per heavy atom. The summed E-state index contributed by atoms with van der Waals surface area (Å²) in [6.07, 6.45) is 7.99. The van der Waals surface area contributed by atoms with Crippen LogP contribution < -0.4 is 0 Å². The van der Waals surface area contributed by atoms with Crippen LogP contribution in [0.3, 0.4) is 0 Å². The van der Waals surface area contributed by atoms with Gasteiger partial charge in [-0.25, -0.2) is 0 Å². The van der Waals surface area contributed by atoms with E-state index in [0.717, 1.165) is 6.42 Å². The minimum atomic E-state index is 0.352. The minimum absolute atomic E-state index is 0.352. The van der Waals surface area contributed by atoms with Crippen molar-refractivity contribution in [2.75, 3.05) is 0 Å². The van der Waals surface area contributed by atoms with E-state index in [0.29, 0.717) is 11.7 Å². The lowest BCUT2D eigenvalue weighted by Gasteiger charge is -2.15. The van der Waals surface area contributed by atoms with Gasteiger partial charge in [-0.05, 0) is 49.3 Å². The van der Waals surface area contributed by atoms with E-state index in [1.807, 2.05) is 18.2 Å². The summed E-state index contributed by atoms with van der Waals surface area (Å²) >= 11 is 0. The second kappa shape index (κ2) is 7.10.